The van der Waals surface area contributed by atoms with Gasteiger partial charge in [0.25, 0.3) is 0 Å². The molecule has 4 aromatic heterocycles. The standard InChI is InChI=1S/C59H34N4OS.C2H6/c1-2-14-37(15-3-1)57-60-58(62-59(61-57)40-25-28-46-45-20-8-9-23-50(45)64-51(46)34-40)39-16-10-17-41(32-39)63-55-43-19-7-5-13-36(43)24-29-48(55)47-22-11-21-44(56(47)63)38-27-30-52-49(33-38)54-42-18-6-4-12-35(42)26-31-53(54)65-52;1-2/h1-34H;1-2H3. The lowest BCUT2D eigenvalue weighted by atomic mass is 9.98. The lowest BCUT2D eigenvalue weighted by Crippen LogP contribution is -2.01. The first-order valence-corrected chi connectivity index (χ1v) is 23.7. The Morgan fingerprint density at radius 2 is 0.955 bits per heavy atom. The lowest BCUT2D eigenvalue weighted by Gasteiger charge is -2.14. The Kier molecular flexibility index (Phi) is 9.08. The molecule has 4 heterocycles. The molecule has 14 rings (SSSR count). The highest BCUT2D eigenvalue weighted by molar-refractivity contribution is 7.26. The summed E-state index contributed by atoms with van der Waals surface area (Å²) >= 11 is 1.86. The molecule has 5 nitrogen and oxygen atoms in total. The van der Waals surface area contributed by atoms with E-state index in [4.69, 9.17) is 19.4 Å². The van der Waals surface area contributed by atoms with E-state index in [2.05, 4.69) is 156 Å². The van der Waals surface area contributed by atoms with Crippen LogP contribution in [-0.4, -0.2) is 19.5 Å². The number of thiophene rings is 1. The number of aromatic nitrogens is 4. The molecule has 0 unspecified atom stereocenters. The molecule has 0 saturated heterocycles. The monoisotopic (exact) mass is 876 g/mol. The van der Waals surface area contributed by atoms with Gasteiger partial charge in [-0.3, -0.25) is 0 Å². The molecular formula is C61H40N4OS. The fraction of sp³-hybridized carbons (Fsp3) is 0.0328. The van der Waals surface area contributed by atoms with Crippen LogP contribution in [0, 0.1) is 0 Å². The Morgan fingerprint density at radius 3 is 1.79 bits per heavy atom. The molecule has 0 N–H and O–H groups in total. The highest BCUT2D eigenvalue weighted by atomic mass is 32.1. The Bertz CT molecular complexity index is 4260. The van der Waals surface area contributed by atoms with Gasteiger partial charge in [0.05, 0.1) is 11.0 Å². The van der Waals surface area contributed by atoms with Gasteiger partial charge in [0.2, 0.25) is 0 Å². The number of fused-ring (bicyclic) bond motifs is 13. The molecule has 0 spiro atoms. The third kappa shape index (κ3) is 6.25. The zero-order chi connectivity index (χ0) is 44.6. The van der Waals surface area contributed by atoms with Crippen LogP contribution in [0.3, 0.4) is 0 Å². The van der Waals surface area contributed by atoms with Crippen molar-refractivity contribution >= 4 is 96.8 Å². The molecular weight excluding hydrogens is 837 g/mol. The summed E-state index contributed by atoms with van der Waals surface area (Å²) in [7, 11) is 0. The van der Waals surface area contributed by atoms with Gasteiger partial charge in [0.1, 0.15) is 11.2 Å². The molecule has 6 heteroatoms. The van der Waals surface area contributed by atoms with Crippen LogP contribution in [0.5, 0.6) is 0 Å². The van der Waals surface area contributed by atoms with Crippen molar-refractivity contribution in [2.24, 2.45) is 0 Å². The fourth-order valence-corrected chi connectivity index (χ4v) is 11.1. The fourth-order valence-electron chi connectivity index (χ4n) is 10.0. The molecule has 316 valence electrons. The number of para-hydroxylation sites is 2. The van der Waals surface area contributed by atoms with E-state index in [1.807, 2.05) is 79.8 Å². The minimum Gasteiger partial charge on any atom is -0.456 e. The maximum atomic E-state index is 6.32. The average molecular weight is 877 g/mol. The predicted molar refractivity (Wildman–Crippen MR) is 282 cm³/mol. The zero-order valence-corrected chi connectivity index (χ0v) is 37.6. The molecule has 0 amide bonds. The second-order valence-electron chi connectivity index (χ2n) is 16.7. The Balaban J connectivity index is 0.00000220. The molecule has 0 aliphatic carbocycles. The first kappa shape index (κ1) is 39.0. The molecule has 67 heavy (non-hydrogen) atoms. The van der Waals surface area contributed by atoms with Gasteiger partial charge in [-0.15, -0.1) is 11.3 Å². The Labute approximate surface area is 389 Å². The summed E-state index contributed by atoms with van der Waals surface area (Å²) in [6, 6.07) is 73.4. The van der Waals surface area contributed by atoms with Crippen LogP contribution in [-0.2, 0) is 0 Å². The van der Waals surface area contributed by atoms with Gasteiger partial charge < -0.3 is 8.98 Å². The van der Waals surface area contributed by atoms with Gasteiger partial charge in [-0.1, -0.05) is 172 Å². The first-order chi connectivity index (χ1) is 33.2. The Morgan fingerprint density at radius 1 is 0.373 bits per heavy atom. The summed E-state index contributed by atoms with van der Waals surface area (Å²) in [5, 5.41) is 12.1. The van der Waals surface area contributed by atoms with Gasteiger partial charge in [-0.25, -0.2) is 15.0 Å². The summed E-state index contributed by atoms with van der Waals surface area (Å²) in [6.45, 7) is 4.00. The quantitative estimate of drug-likeness (QED) is 0.173. The van der Waals surface area contributed by atoms with Crippen molar-refractivity contribution in [3.8, 4) is 51.0 Å². The topological polar surface area (TPSA) is 56.7 Å². The number of hydrogen-bond donors (Lipinski definition) is 0. The van der Waals surface area contributed by atoms with Crippen LogP contribution >= 0.6 is 11.3 Å². The summed E-state index contributed by atoms with van der Waals surface area (Å²) in [5.74, 6) is 1.78. The van der Waals surface area contributed by atoms with Crippen molar-refractivity contribution in [2.45, 2.75) is 13.8 Å². The maximum Gasteiger partial charge on any atom is 0.164 e. The van der Waals surface area contributed by atoms with Gasteiger partial charge in [0, 0.05) is 75.0 Å². The van der Waals surface area contributed by atoms with Crippen molar-refractivity contribution in [2.75, 3.05) is 0 Å². The molecule has 10 aromatic carbocycles. The summed E-state index contributed by atoms with van der Waals surface area (Å²) in [4.78, 5) is 15.5. The average Bonchev–Trinajstić information content (AvgIpc) is 4.09. The van der Waals surface area contributed by atoms with E-state index in [0.29, 0.717) is 17.5 Å². The minimum atomic E-state index is 0.580. The number of furan rings is 1. The number of nitrogens with zero attached hydrogens (tertiary/aromatic N) is 4. The third-order valence-electron chi connectivity index (χ3n) is 13.0. The molecule has 0 aliphatic heterocycles. The Hall–Kier alpha value is -8.45. The molecule has 0 atom stereocenters. The van der Waals surface area contributed by atoms with E-state index in [1.165, 1.54) is 63.6 Å². The SMILES string of the molecule is CC.c1ccc(-c2nc(-c3cccc(-n4c5c(-c6ccc7sc8ccc9ccccc9c8c7c6)cccc5c5ccc6ccccc6c54)c3)nc(-c3ccc4c(c3)oc3ccccc34)n2)cc1. The van der Waals surface area contributed by atoms with Crippen molar-refractivity contribution in [1.82, 2.24) is 19.5 Å². The summed E-state index contributed by atoms with van der Waals surface area (Å²) < 4.78 is 11.4. The summed E-state index contributed by atoms with van der Waals surface area (Å²) in [6.07, 6.45) is 0. The van der Waals surface area contributed by atoms with E-state index < -0.39 is 0 Å². The second-order valence-corrected chi connectivity index (χ2v) is 17.8. The first-order valence-electron chi connectivity index (χ1n) is 22.8. The minimum absolute atomic E-state index is 0.580. The largest absolute Gasteiger partial charge is 0.456 e. The van der Waals surface area contributed by atoms with Crippen LogP contribution in [0.25, 0.3) is 136 Å². The molecule has 0 aliphatic rings. The summed E-state index contributed by atoms with van der Waals surface area (Å²) in [5.41, 5.74) is 9.99. The molecule has 0 bridgehead atoms. The third-order valence-corrected chi connectivity index (χ3v) is 14.1. The van der Waals surface area contributed by atoms with E-state index in [1.54, 1.807) is 0 Å². The van der Waals surface area contributed by atoms with Crippen molar-refractivity contribution < 1.29 is 4.42 Å². The predicted octanol–water partition coefficient (Wildman–Crippen LogP) is 17.2. The van der Waals surface area contributed by atoms with Crippen LogP contribution in [0.4, 0.5) is 0 Å². The van der Waals surface area contributed by atoms with Crippen LogP contribution in [0.2, 0.25) is 0 Å². The van der Waals surface area contributed by atoms with E-state index >= 15 is 0 Å². The van der Waals surface area contributed by atoms with Crippen LogP contribution < -0.4 is 0 Å². The van der Waals surface area contributed by atoms with E-state index in [0.717, 1.165) is 55.3 Å². The number of hydrogen-bond acceptors (Lipinski definition) is 5. The highest BCUT2D eigenvalue weighted by Gasteiger charge is 2.21. The zero-order valence-electron chi connectivity index (χ0n) is 36.7. The maximum absolute atomic E-state index is 6.32. The van der Waals surface area contributed by atoms with Crippen LogP contribution in [0.15, 0.2) is 211 Å². The lowest BCUT2D eigenvalue weighted by molar-refractivity contribution is 0.669. The molecule has 0 saturated carbocycles. The highest BCUT2D eigenvalue weighted by Crippen LogP contribution is 2.45. The second kappa shape index (κ2) is 15.6. The van der Waals surface area contributed by atoms with Crippen molar-refractivity contribution in [3.63, 3.8) is 0 Å². The number of rotatable bonds is 5. The molecule has 0 fully saturated rings. The van der Waals surface area contributed by atoms with E-state index in [9.17, 15) is 0 Å². The van der Waals surface area contributed by atoms with Crippen molar-refractivity contribution in [1.29, 1.82) is 0 Å². The van der Waals surface area contributed by atoms with Gasteiger partial charge in [-0.05, 0) is 70.3 Å². The van der Waals surface area contributed by atoms with Crippen molar-refractivity contribution in [3.05, 3.63) is 206 Å². The number of benzene rings is 10. The smallest absolute Gasteiger partial charge is 0.164 e. The normalized spacial score (nSPS) is 11.7. The molecule has 0 radical (unpaired) electrons. The van der Waals surface area contributed by atoms with Gasteiger partial charge in [0.15, 0.2) is 17.5 Å². The molecule has 14 aromatic rings. The van der Waals surface area contributed by atoms with Crippen LogP contribution in [0.1, 0.15) is 13.8 Å². The van der Waals surface area contributed by atoms with E-state index in [-0.39, 0.29) is 0 Å². The van der Waals surface area contributed by atoms with Gasteiger partial charge in [-0.2, -0.15) is 0 Å². The van der Waals surface area contributed by atoms with Gasteiger partial charge >= 0.3 is 0 Å².